The number of ketones is 1. The van der Waals surface area contributed by atoms with E-state index in [9.17, 15) is 9.59 Å². The maximum Gasteiger partial charge on any atom is 0.258 e. The Morgan fingerprint density at radius 2 is 2.15 bits per heavy atom. The summed E-state index contributed by atoms with van der Waals surface area (Å²) in [7, 11) is 0. The van der Waals surface area contributed by atoms with E-state index in [0.29, 0.717) is 24.4 Å². The van der Waals surface area contributed by atoms with Gasteiger partial charge in [0, 0.05) is 37.5 Å². The topological polar surface area (TPSA) is 67.6 Å². The van der Waals surface area contributed by atoms with E-state index in [4.69, 9.17) is 0 Å². The van der Waals surface area contributed by atoms with Gasteiger partial charge in [-0.3, -0.25) is 23.9 Å². The highest BCUT2D eigenvalue weighted by Crippen LogP contribution is 2.21. The van der Waals surface area contributed by atoms with Crippen LogP contribution in [0.5, 0.6) is 0 Å². The molecule has 138 valence electrons. The molecule has 6 heteroatoms. The van der Waals surface area contributed by atoms with Crippen molar-refractivity contribution in [1.29, 1.82) is 0 Å². The molecule has 1 aliphatic rings. The number of pyridine rings is 2. The van der Waals surface area contributed by atoms with Gasteiger partial charge in [0.1, 0.15) is 11.3 Å². The highest BCUT2D eigenvalue weighted by atomic mass is 16.1. The number of aromatic nitrogens is 3. The Labute approximate surface area is 157 Å². The number of likely N-dealkylation sites (tertiary alicyclic amines) is 1. The van der Waals surface area contributed by atoms with Crippen molar-refractivity contribution in [2.45, 2.75) is 26.3 Å². The second-order valence-corrected chi connectivity index (χ2v) is 7.12. The number of nitrogens with zero attached hydrogens (tertiary/aromatic N) is 4. The minimum Gasteiger partial charge on any atom is -0.297 e. The number of hydrogen-bond acceptors (Lipinski definition) is 5. The minimum absolute atomic E-state index is 0.0584. The molecule has 6 nitrogen and oxygen atoms in total. The maximum atomic E-state index is 12.7. The lowest BCUT2D eigenvalue weighted by Crippen LogP contribution is -2.39. The average molecular weight is 362 g/mol. The van der Waals surface area contributed by atoms with Crippen molar-refractivity contribution in [2.75, 3.05) is 13.1 Å². The fourth-order valence-corrected chi connectivity index (χ4v) is 3.75. The van der Waals surface area contributed by atoms with E-state index in [1.54, 1.807) is 28.9 Å². The first-order valence-corrected chi connectivity index (χ1v) is 9.27. The van der Waals surface area contributed by atoms with Crippen molar-refractivity contribution in [3.05, 3.63) is 76.1 Å². The zero-order valence-electron chi connectivity index (χ0n) is 15.3. The summed E-state index contributed by atoms with van der Waals surface area (Å²) in [6.45, 7) is 4.10. The molecule has 0 aromatic carbocycles. The van der Waals surface area contributed by atoms with E-state index in [1.165, 1.54) is 0 Å². The highest BCUT2D eigenvalue weighted by Gasteiger charge is 2.27. The molecule has 3 aromatic rings. The lowest BCUT2D eigenvalue weighted by molar-refractivity contribution is 0.0805. The third-order valence-electron chi connectivity index (χ3n) is 5.12. The number of hydrogen-bond donors (Lipinski definition) is 0. The molecule has 3 aromatic heterocycles. The fourth-order valence-electron chi connectivity index (χ4n) is 3.75. The van der Waals surface area contributed by atoms with Crippen molar-refractivity contribution >= 4 is 11.4 Å². The number of rotatable bonds is 4. The number of carbonyl (C=O) groups is 1. The molecule has 0 saturated carbocycles. The quantitative estimate of drug-likeness (QED) is 0.667. The molecule has 0 N–H and O–H groups in total. The van der Waals surface area contributed by atoms with Crippen LogP contribution in [0.15, 0.2) is 53.6 Å². The molecule has 1 aliphatic heterocycles. The van der Waals surface area contributed by atoms with Crippen LogP contribution in [0.2, 0.25) is 0 Å². The van der Waals surface area contributed by atoms with Gasteiger partial charge in [-0.1, -0.05) is 12.1 Å². The standard InChI is InChI=1S/C21H22N4O2/c1-15-6-4-11-25-19(26)12-17(23-21(15)25)14-24-10-5-7-16(13-24)20(27)18-8-2-3-9-22-18/h2-4,6,8-9,11-12,16H,5,7,10,13-14H2,1H3. The molecular formula is C21H22N4O2. The smallest absolute Gasteiger partial charge is 0.258 e. The van der Waals surface area contributed by atoms with Gasteiger partial charge < -0.3 is 0 Å². The number of fused-ring (bicyclic) bond motifs is 1. The Balaban J connectivity index is 1.53. The summed E-state index contributed by atoms with van der Waals surface area (Å²) >= 11 is 0. The third-order valence-corrected chi connectivity index (χ3v) is 5.12. The second kappa shape index (κ2) is 7.40. The van der Waals surface area contributed by atoms with Gasteiger partial charge in [-0.25, -0.2) is 4.98 Å². The molecule has 1 fully saturated rings. The molecule has 0 bridgehead atoms. The first kappa shape index (κ1) is 17.5. The van der Waals surface area contributed by atoms with Crippen molar-refractivity contribution in [3.8, 4) is 0 Å². The first-order valence-electron chi connectivity index (χ1n) is 9.27. The summed E-state index contributed by atoms with van der Waals surface area (Å²) in [4.78, 5) is 36.2. The molecule has 4 rings (SSSR count). The normalized spacial score (nSPS) is 17.9. The molecular weight excluding hydrogens is 340 g/mol. The van der Waals surface area contributed by atoms with Crippen LogP contribution in [0.1, 0.15) is 34.6 Å². The molecule has 1 atom stereocenters. The van der Waals surface area contributed by atoms with Crippen LogP contribution >= 0.6 is 0 Å². The Bertz CT molecular complexity index is 1030. The maximum absolute atomic E-state index is 12.7. The van der Waals surface area contributed by atoms with Crippen LogP contribution in [0.4, 0.5) is 0 Å². The predicted molar refractivity (Wildman–Crippen MR) is 103 cm³/mol. The first-order chi connectivity index (χ1) is 13.1. The van der Waals surface area contributed by atoms with Crippen LogP contribution in [0.3, 0.4) is 0 Å². The van der Waals surface area contributed by atoms with Crippen LogP contribution in [0, 0.1) is 12.8 Å². The zero-order chi connectivity index (χ0) is 18.8. The van der Waals surface area contributed by atoms with Crippen molar-refractivity contribution < 1.29 is 4.79 Å². The lowest BCUT2D eigenvalue weighted by Gasteiger charge is -2.31. The van der Waals surface area contributed by atoms with Gasteiger partial charge in [-0.15, -0.1) is 0 Å². The van der Waals surface area contributed by atoms with E-state index < -0.39 is 0 Å². The SMILES string of the molecule is Cc1cccn2c(=O)cc(CN3CCCC(C(=O)c4ccccn4)C3)nc12. The van der Waals surface area contributed by atoms with Gasteiger partial charge >= 0.3 is 0 Å². The van der Waals surface area contributed by atoms with E-state index in [2.05, 4.69) is 14.9 Å². The van der Waals surface area contributed by atoms with Crippen molar-refractivity contribution in [1.82, 2.24) is 19.3 Å². The Morgan fingerprint density at radius 1 is 1.26 bits per heavy atom. The number of carbonyl (C=O) groups excluding carboxylic acids is 1. The molecule has 0 radical (unpaired) electrons. The number of piperidine rings is 1. The summed E-state index contributed by atoms with van der Waals surface area (Å²) in [5.41, 5.74) is 2.87. The van der Waals surface area contributed by atoms with Crippen LogP contribution in [0.25, 0.3) is 5.65 Å². The summed E-state index contributed by atoms with van der Waals surface area (Å²) < 4.78 is 1.57. The Morgan fingerprint density at radius 3 is 2.96 bits per heavy atom. The van der Waals surface area contributed by atoms with E-state index >= 15 is 0 Å². The van der Waals surface area contributed by atoms with Crippen LogP contribution < -0.4 is 5.56 Å². The zero-order valence-corrected chi connectivity index (χ0v) is 15.3. The van der Waals surface area contributed by atoms with Gasteiger partial charge in [-0.05, 0) is 50.1 Å². The summed E-state index contributed by atoms with van der Waals surface area (Å²) in [5, 5.41) is 0. The summed E-state index contributed by atoms with van der Waals surface area (Å²) in [6.07, 6.45) is 5.22. The van der Waals surface area contributed by atoms with Crippen molar-refractivity contribution in [2.24, 2.45) is 5.92 Å². The Kier molecular flexibility index (Phi) is 4.81. The van der Waals surface area contributed by atoms with Gasteiger partial charge in [0.25, 0.3) is 5.56 Å². The number of aryl methyl sites for hydroxylation is 1. The van der Waals surface area contributed by atoms with Crippen LogP contribution in [-0.2, 0) is 6.54 Å². The predicted octanol–water partition coefficient (Wildman–Crippen LogP) is 2.49. The second-order valence-electron chi connectivity index (χ2n) is 7.12. The highest BCUT2D eigenvalue weighted by molar-refractivity contribution is 5.96. The molecule has 0 amide bonds. The minimum atomic E-state index is -0.0724. The van der Waals surface area contributed by atoms with Crippen molar-refractivity contribution in [3.63, 3.8) is 0 Å². The fraction of sp³-hybridized carbons (Fsp3) is 0.333. The lowest BCUT2D eigenvalue weighted by atomic mass is 9.92. The summed E-state index contributed by atoms with van der Waals surface area (Å²) in [6, 6.07) is 10.8. The third kappa shape index (κ3) is 3.66. The van der Waals surface area contributed by atoms with Crippen LogP contribution in [-0.4, -0.2) is 38.1 Å². The molecule has 1 saturated heterocycles. The Hall–Kier alpha value is -2.86. The largest absolute Gasteiger partial charge is 0.297 e. The molecule has 27 heavy (non-hydrogen) atoms. The summed E-state index contributed by atoms with van der Waals surface area (Å²) in [5.74, 6) is 0.0413. The van der Waals surface area contributed by atoms with Gasteiger partial charge in [-0.2, -0.15) is 0 Å². The molecule has 0 aliphatic carbocycles. The molecule has 0 spiro atoms. The van der Waals surface area contributed by atoms with Gasteiger partial charge in [0.15, 0.2) is 5.78 Å². The molecule has 1 unspecified atom stereocenters. The average Bonchev–Trinajstić information content (AvgIpc) is 2.69. The molecule has 4 heterocycles. The monoisotopic (exact) mass is 362 g/mol. The van der Waals surface area contributed by atoms with Gasteiger partial charge in [0.05, 0.1) is 5.69 Å². The number of Topliss-reactive ketones (excluding diaryl/α,β-unsaturated/α-hetero) is 1. The van der Waals surface area contributed by atoms with E-state index in [-0.39, 0.29) is 17.3 Å². The van der Waals surface area contributed by atoms with Gasteiger partial charge in [0.2, 0.25) is 0 Å². The van der Waals surface area contributed by atoms with E-state index in [1.807, 2.05) is 31.2 Å². The van der Waals surface area contributed by atoms with E-state index in [0.717, 1.165) is 30.6 Å².